The summed E-state index contributed by atoms with van der Waals surface area (Å²) in [4.78, 5) is 18.4. The summed E-state index contributed by atoms with van der Waals surface area (Å²) in [6.45, 7) is 5.71. The highest BCUT2D eigenvalue weighted by atomic mass is 35.5. The van der Waals surface area contributed by atoms with Gasteiger partial charge in [-0.1, -0.05) is 11.6 Å². The Morgan fingerprint density at radius 2 is 2.10 bits per heavy atom. The molecule has 1 aliphatic rings. The summed E-state index contributed by atoms with van der Waals surface area (Å²) in [7, 11) is 0. The molecule has 5 heteroatoms. The topological polar surface area (TPSA) is 38.1 Å². The third-order valence-corrected chi connectivity index (χ3v) is 4.15. The molecule has 2 aromatic rings. The van der Waals surface area contributed by atoms with Crippen molar-refractivity contribution in [1.82, 2.24) is 14.5 Å². The summed E-state index contributed by atoms with van der Waals surface area (Å²) in [6, 6.07) is 7.64. The zero-order chi connectivity index (χ0) is 14.3. The molecule has 0 radical (unpaired) electrons. The number of aromatic nitrogens is 2. The van der Waals surface area contributed by atoms with E-state index < -0.39 is 0 Å². The molecule has 20 heavy (non-hydrogen) atoms. The molecule has 2 aromatic heterocycles. The molecule has 0 aliphatic carbocycles. The number of carbonyl (C=O) groups excluding carboxylic acids is 1. The fourth-order valence-corrected chi connectivity index (χ4v) is 2.88. The van der Waals surface area contributed by atoms with Crippen molar-refractivity contribution in [3.05, 3.63) is 52.6 Å². The van der Waals surface area contributed by atoms with Crippen molar-refractivity contribution < 1.29 is 4.79 Å². The second-order valence-electron chi connectivity index (χ2n) is 5.10. The van der Waals surface area contributed by atoms with Crippen LogP contribution in [-0.4, -0.2) is 26.9 Å². The van der Waals surface area contributed by atoms with Gasteiger partial charge < -0.3 is 9.47 Å². The van der Waals surface area contributed by atoms with E-state index in [1.54, 1.807) is 12.1 Å². The molecule has 0 saturated carbocycles. The number of aryl methyl sites for hydroxylation is 1. The lowest BCUT2D eigenvalue weighted by Gasteiger charge is -2.35. The molecule has 0 bridgehead atoms. The predicted octanol–water partition coefficient (Wildman–Crippen LogP) is 3.06. The highest BCUT2D eigenvalue weighted by Crippen LogP contribution is 2.28. The van der Waals surface area contributed by atoms with Gasteiger partial charge in [0.15, 0.2) is 0 Å². The molecule has 0 aromatic carbocycles. The Bertz CT molecular complexity index is 648. The van der Waals surface area contributed by atoms with Gasteiger partial charge in [0, 0.05) is 30.7 Å². The first-order valence-electron chi connectivity index (χ1n) is 6.66. The smallest absolute Gasteiger partial charge is 0.256 e. The lowest BCUT2D eigenvalue weighted by atomic mass is 10.1. The number of hydrogen-bond donors (Lipinski definition) is 0. The predicted molar refractivity (Wildman–Crippen MR) is 77.9 cm³/mol. The van der Waals surface area contributed by atoms with Crippen LogP contribution in [0.2, 0.25) is 5.15 Å². The van der Waals surface area contributed by atoms with Crippen LogP contribution >= 0.6 is 11.6 Å². The number of rotatable bonds is 1. The number of hydrogen-bond acceptors (Lipinski definition) is 2. The molecule has 0 fully saturated rings. The van der Waals surface area contributed by atoms with Gasteiger partial charge >= 0.3 is 0 Å². The molecule has 1 aliphatic heterocycles. The number of amides is 1. The summed E-state index contributed by atoms with van der Waals surface area (Å²) in [5.74, 6) is 0.00627. The van der Waals surface area contributed by atoms with Gasteiger partial charge in [-0.3, -0.25) is 4.79 Å². The minimum atomic E-state index is 0.00627. The molecular formula is C15H16ClN3O. The van der Waals surface area contributed by atoms with Crippen molar-refractivity contribution in [2.75, 3.05) is 6.54 Å². The van der Waals surface area contributed by atoms with Crippen molar-refractivity contribution in [1.29, 1.82) is 0 Å². The van der Waals surface area contributed by atoms with Crippen LogP contribution in [0.1, 0.15) is 34.7 Å². The number of fused-ring (bicyclic) bond motifs is 1. The fourth-order valence-electron chi connectivity index (χ4n) is 2.77. The molecule has 4 nitrogen and oxygen atoms in total. The van der Waals surface area contributed by atoms with Crippen LogP contribution in [0.25, 0.3) is 0 Å². The zero-order valence-electron chi connectivity index (χ0n) is 11.5. The van der Waals surface area contributed by atoms with Crippen LogP contribution < -0.4 is 0 Å². The third-order valence-electron chi connectivity index (χ3n) is 3.93. The second-order valence-corrected chi connectivity index (χ2v) is 5.48. The Morgan fingerprint density at radius 3 is 2.80 bits per heavy atom. The quantitative estimate of drug-likeness (QED) is 0.757. The van der Waals surface area contributed by atoms with Crippen LogP contribution in [0.5, 0.6) is 0 Å². The van der Waals surface area contributed by atoms with Gasteiger partial charge in [-0.05, 0) is 38.1 Å². The SMILES string of the molecule is Cc1ccc2n1CCN(C(=O)c1ccc(Cl)nc1)C2C. The Hall–Kier alpha value is -1.81. The molecule has 1 amide bonds. The average Bonchev–Trinajstić information content (AvgIpc) is 2.82. The molecule has 3 heterocycles. The maximum atomic E-state index is 12.6. The molecule has 104 valence electrons. The van der Waals surface area contributed by atoms with Gasteiger partial charge in [-0.2, -0.15) is 0 Å². The third kappa shape index (κ3) is 2.10. The number of pyridine rings is 1. The number of nitrogens with zero attached hydrogens (tertiary/aromatic N) is 3. The van der Waals surface area contributed by atoms with E-state index in [1.165, 1.54) is 17.6 Å². The Morgan fingerprint density at radius 1 is 1.30 bits per heavy atom. The Labute approximate surface area is 123 Å². The molecule has 0 spiro atoms. The van der Waals surface area contributed by atoms with Crippen molar-refractivity contribution in [2.24, 2.45) is 0 Å². The number of carbonyl (C=O) groups is 1. The van der Waals surface area contributed by atoms with Gasteiger partial charge in [0.25, 0.3) is 5.91 Å². The van der Waals surface area contributed by atoms with Gasteiger partial charge in [0.2, 0.25) is 0 Å². The summed E-state index contributed by atoms with van der Waals surface area (Å²) >= 11 is 5.76. The zero-order valence-corrected chi connectivity index (χ0v) is 12.3. The van der Waals surface area contributed by atoms with Gasteiger partial charge in [-0.15, -0.1) is 0 Å². The Kier molecular flexibility index (Phi) is 3.26. The summed E-state index contributed by atoms with van der Waals surface area (Å²) in [6.07, 6.45) is 1.54. The molecule has 1 atom stereocenters. The summed E-state index contributed by atoms with van der Waals surface area (Å²) in [5.41, 5.74) is 3.01. The fraction of sp³-hybridized carbons (Fsp3) is 0.333. The minimum Gasteiger partial charge on any atom is -0.345 e. The average molecular weight is 290 g/mol. The lowest BCUT2D eigenvalue weighted by molar-refractivity contribution is 0.0642. The molecule has 3 rings (SSSR count). The van der Waals surface area contributed by atoms with Crippen molar-refractivity contribution in [3.63, 3.8) is 0 Å². The van der Waals surface area contributed by atoms with Crippen molar-refractivity contribution in [2.45, 2.75) is 26.4 Å². The lowest BCUT2D eigenvalue weighted by Crippen LogP contribution is -2.41. The van der Waals surface area contributed by atoms with Crippen molar-refractivity contribution >= 4 is 17.5 Å². The van der Waals surface area contributed by atoms with Crippen LogP contribution in [0.15, 0.2) is 30.5 Å². The first-order chi connectivity index (χ1) is 9.58. The standard InChI is InChI=1S/C15H16ClN3O/c1-10-3-5-13-11(2)19(8-7-18(10)13)15(20)12-4-6-14(16)17-9-12/h3-6,9,11H,7-8H2,1-2H3. The molecular weight excluding hydrogens is 274 g/mol. The Balaban J connectivity index is 1.88. The summed E-state index contributed by atoms with van der Waals surface area (Å²) < 4.78 is 2.27. The van der Waals surface area contributed by atoms with Gasteiger partial charge in [0.05, 0.1) is 11.6 Å². The van der Waals surface area contributed by atoms with Crippen LogP contribution in [0.3, 0.4) is 0 Å². The van der Waals surface area contributed by atoms with E-state index in [0.717, 1.165) is 6.54 Å². The van der Waals surface area contributed by atoms with E-state index in [4.69, 9.17) is 11.6 Å². The maximum absolute atomic E-state index is 12.6. The summed E-state index contributed by atoms with van der Waals surface area (Å²) in [5, 5.41) is 0.401. The minimum absolute atomic E-state index is 0.00627. The van der Waals surface area contributed by atoms with E-state index >= 15 is 0 Å². The largest absolute Gasteiger partial charge is 0.345 e. The first kappa shape index (κ1) is 13.2. The van der Waals surface area contributed by atoms with Crippen LogP contribution in [-0.2, 0) is 6.54 Å². The molecule has 0 saturated heterocycles. The normalized spacial score (nSPS) is 17.9. The van der Waals surface area contributed by atoms with E-state index in [9.17, 15) is 4.79 Å². The van der Waals surface area contributed by atoms with Gasteiger partial charge in [0.1, 0.15) is 5.15 Å². The van der Waals surface area contributed by atoms with E-state index in [1.807, 2.05) is 4.90 Å². The van der Waals surface area contributed by atoms with Crippen LogP contribution in [0, 0.1) is 6.92 Å². The van der Waals surface area contributed by atoms with E-state index in [0.29, 0.717) is 17.3 Å². The maximum Gasteiger partial charge on any atom is 0.256 e. The molecule has 1 unspecified atom stereocenters. The van der Waals surface area contributed by atoms with Crippen molar-refractivity contribution in [3.8, 4) is 0 Å². The number of halogens is 1. The first-order valence-corrected chi connectivity index (χ1v) is 7.04. The molecule has 0 N–H and O–H groups in total. The van der Waals surface area contributed by atoms with Gasteiger partial charge in [-0.25, -0.2) is 4.98 Å². The monoisotopic (exact) mass is 289 g/mol. The second kappa shape index (κ2) is 4.94. The highest BCUT2D eigenvalue weighted by Gasteiger charge is 2.29. The van der Waals surface area contributed by atoms with E-state index in [-0.39, 0.29) is 11.9 Å². The van der Waals surface area contributed by atoms with E-state index in [2.05, 4.69) is 35.5 Å². The highest BCUT2D eigenvalue weighted by molar-refractivity contribution is 6.29. The van der Waals surface area contributed by atoms with Crippen LogP contribution in [0.4, 0.5) is 0 Å².